The quantitative estimate of drug-likeness (QED) is 0.381. The van der Waals surface area contributed by atoms with Crippen molar-refractivity contribution in [1.29, 1.82) is 0 Å². The van der Waals surface area contributed by atoms with E-state index in [0.29, 0.717) is 18.9 Å². The number of ketones is 1. The van der Waals surface area contributed by atoms with Crippen LogP contribution in [0.15, 0.2) is 0 Å². The standard InChI is InChI=1S/C29H46N4O6/c1-28(2,3)39-27(38)32-21(17-10-8-7-9-11-17)26(37)33-15-18-20(29(18,4)5)22(33)24(35)31-19(14-16-12-13-16)23(34)25(36)30-6/h16-22H,7-15H2,1-6H3,(H,30,36)(H,31,35)(H,32,38). The summed E-state index contributed by atoms with van der Waals surface area (Å²) < 4.78 is 5.49. The molecule has 4 rings (SSSR count). The van der Waals surface area contributed by atoms with Crippen molar-refractivity contribution < 1.29 is 28.7 Å². The molecule has 4 fully saturated rings. The third-order valence-corrected chi connectivity index (χ3v) is 9.17. The third kappa shape index (κ3) is 6.57. The highest BCUT2D eigenvalue weighted by atomic mass is 16.6. The van der Waals surface area contributed by atoms with Crippen LogP contribution >= 0.6 is 0 Å². The molecule has 0 aromatic rings. The van der Waals surface area contributed by atoms with Gasteiger partial charge in [0.15, 0.2) is 0 Å². The van der Waals surface area contributed by atoms with E-state index in [1.807, 2.05) is 0 Å². The van der Waals surface area contributed by atoms with Crippen molar-refractivity contribution in [3.8, 4) is 0 Å². The average Bonchev–Trinajstić information content (AvgIpc) is 3.72. The van der Waals surface area contributed by atoms with Crippen molar-refractivity contribution in [3.63, 3.8) is 0 Å². The zero-order valence-corrected chi connectivity index (χ0v) is 24.3. The Labute approximate surface area is 231 Å². The minimum Gasteiger partial charge on any atom is -0.444 e. The second kappa shape index (κ2) is 11.1. The van der Waals surface area contributed by atoms with Crippen LogP contribution in [0.1, 0.15) is 86.0 Å². The van der Waals surface area contributed by atoms with Gasteiger partial charge in [-0.2, -0.15) is 0 Å². The van der Waals surface area contributed by atoms with Crippen LogP contribution in [0, 0.1) is 29.1 Å². The lowest BCUT2D eigenvalue weighted by Crippen LogP contribution is -2.59. The molecule has 0 aromatic carbocycles. The molecule has 3 N–H and O–H groups in total. The van der Waals surface area contributed by atoms with Gasteiger partial charge in [-0.3, -0.25) is 19.2 Å². The average molecular weight is 547 g/mol. The van der Waals surface area contributed by atoms with Gasteiger partial charge in [0.05, 0.1) is 6.04 Å². The summed E-state index contributed by atoms with van der Waals surface area (Å²) in [7, 11) is 1.40. The molecule has 1 aliphatic heterocycles. The number of hydrogen-bond acceptors (Lipinski definition) is 6. The maximum absolute atomic E-state index is 14.1. The molecule has 39 heavy (non-hydrogen) atoms. The Bertz CT molecular complexity index is 994. The van der Waals surface area contributed by atoms with Gasteiger partial charge in [0, 0.05) is 13.6 Å². The van der Waals surface area contributed by atoms with Gasteiger partial charge in [-0.05, 0) is 69.1 Å². The van der Waals surface area contributed by atoms with E-state index in [1.54, 1.807) is 25.7 Å². The molecular formula is C29H46N4O6. The van der Waals surface area contributed by atoms with E-state index in [4.69, 9.17) is 4.74 Å². The van der Waals surface area contributed by atoms with Crippen LogP contribution in [0.25, 0.3) is 0 Å². The van der Waals surface area contributed by atoms with Crippen LogP contribution in [-0.4, -0.2) is 71.8 Å². The minimum absolute atomic E-state index is 0.0372. The van der Waals surface area contributed by atoms with Crippen molar-refractivity contribution in [2.45, 2.75) is 110 Å². The number of carbonyl (C=O) groups excluding carboxylic acids is 5. The fourth-order valence-corrected chi connectivity index (χ4v) is 6.73. The monoisotopic (exact) mass is 546 g/mol. The van der Waals surface area contributed by atoms with E-state index in [9.17, 15) is 24.0 Å². The largest absolute Gasteiger partial charge is 0.444 e. The number of nitrogens with one attached hydrogen (secondary N) is 3. The Morgan fingerprint density at radius 3 is 2.18 bits per heavy atom. The summed E-state index contributed by atoms with van der Waals surface area (Å²) in [5.41, 5.74) is -0.825. The SMILES string of the molecule is CNC(=O)C(=O)C(CC1CC1)NC(=O)C1C2C(CN1C(=O)C(NC(=O)OC(C)(C)C)C1CCCCC1)C2(C)C. The Hall–Kier alpha value is -2.65. The molecule has 0 bridgehead atoms. The van der Waals surface area contributed by atoms with E-state index in [0.717, 1.165) is 44.9 Å². The first-order valence-corrected chi connectivity index (χ1v) is 14.6. The van der Waals surface area contributed by atoms with Crippen LogP contribution in [0.5, 0.6) is 0 Å². The Kier molecular flexibility index (Phi) is 8.34. The molecule has 0 spiro atoms. The lowest BCUT2D eigenvalue weighted by Gasteiger charge is -2.37. The molecule has 218 valence electrons. The van der Waals surface area contributed by atoms with Crippen molar-refractivity contribution in [2.75, 3.05) is 13.6 Å². The van der Waals surface area contributed by atoms with E-state index in [2.05, 4.69) is 29.8 Å². The zero-order valence-electron chi connectivity index (χ0n) is 24.3. The number of rotatable bonds is 9. The fraction of sp³-hybridized carbons (Fsp3) is 0.828. The molecule has 3 aliphatic carbocycles. The Morgan fingerprint density at radius 1 is 0.974 bits per heavy atom. The van der Waals surface area contributed by atoms with Crippen molar-refractivity contribution in [3.05, 3.63) is 0 Å². The molecule has 10 nitrogen and oxygen atoms in total. The van der Waals surface area contributed by atoms with E-state index < -0.39 is 47.4 Å². The maximum atomic E-state index is 14.1. The number of amides is 4. The van der Waals surface area contributed by atoms with Gasteiger partial charge in [0.25, 0.3) is 5.91 Å². The number of carbonyl (C=O) groups is 5. The number of fused-ring (bicyclic) bond motifs is 1. The molecule has 3 saturated carbocycles. The number of hydrogen-bond donors (Lipinski definition) is 3. The summed E-state index contributed by atoms with van der Waals surface area (Å²) in [5.74, 6) is -1.69. The van der Waals surface area contributed by atoms with Crippen molar-refractivity contribution in [2.24, 2.45) is 29.1 Å². The van der Waals surface area contributed by atoms with Crippen LogP contribution in [0.4, 0.5) is 4.79 Å². The molecule has 1 saturated heterocycles. The molecular weight excluding hydrogens is 500 g/mol. The number of Topliss-reactive ketones (excluding diaryl/α,β-unsaturated/α-hetero) is 1. The van der Waals surface area contributed by atoms with E-state index in [1.165, 1.54) is 7.05 Å². The minimum atomic E-state index is -0.920. The summed E-state index contributed by atoms with van der Waals surface area (Å²) >= 11 is 0. The van der Waals surface area contributed by atoms with Crippen LogP contribution in [-0.2, 0) is 23.9 Å². The van der Waals surface area contributed by atoms with Gasteiger partial charge in [0.2, 0.25) is 17.6 Å². The molecule has 4 aliphatic rings. The second-order valence-corrected chi connectivity index (χ2v) is 13.6. The van der Waals surface area contributed by atoms with Crippen molar-refractivity contribution >= 4 is 29.6 Å². The topological polar surface area (TPSA) is 134 Å². The zero-order chi connectivity index (χ0) is 28.7. The second-order valence-electron chi connectivity index (χ2n) is 13.6. The predicted octanol–water partition coefficient (Wildman–Crippen LogP) is 2.54. The van der Waals surface area contributed by atoms with Gasteiger partial charge < -0.3 is 25.6 Å². The third-order valence-electron chi connectivity index (χ3n) is 9.17. The highest BCUT2D eigenvalue weighted by Gasteiger charge is 2.69. The highest BCUT2D eigenvalue weighted by molar-refractivity contribution is 6.38. The molecule has 10 heteroatoms. The van der Waals surface area contributed by atoms with Gasteiger partial charge >= 0.3 is 6.09 Å². The van der Waals surface area contributed by atoms with Gasteiger partial charge in [-0.1, -0.05) is 46.0 Å². The molecule has 1 heterocycles. The normalized spacial score (nSPS) is 27.5. The number of ether oxygens (including phenoxy) is 1. The smallest absolute Gasteiger partial charge is 0.408 e. The van der Waals surface area contributed by atoms with Gasteiger partial charge in [0.1, 0.15) is 17.7 Å². The number of nitrogens with zero attached hydrogens (tertiary/aromatic N) is 1. The Balaban J connectivity index is 1.55. The number of likely N-dealkylation sites (tertiary alicyclic amines) is 1. The highest BCUT2D eigenvalue weighted by Crippen LogP contribution is 2.65. The summed E-state index contributed by atoms with van der Waals surface area (Å²) in [6.45, 7) is 9.94. The van der Waals surface area contributed by atoms with Gasteiger partial charge in [-0.25, -0.2) is 4.79 Å². The number of alkyl carbamates (subject to hydrolysis) is 1. The molecule has 4 amide bonds. The van der Waals surface area contributed by atoms with Crippen molar-refractivity contribution in [1.82, 2.24) is 20.9 Å². The Morgan fingerprint density at radius 2 is 1.62 bits per heavy atom. The predicted molar refractivity (Wildman–Crippen MR) is 144 cm³/mol. The van der Waals surface area contributed by atoms with E-state index >= 15 is 0 Å². The lowest BCUT2D eigenvalue weighted by atomic mass is 9.83. The summed E-state index contributed by atoms with van der Waals surface area (Å²) in [6.07, 6.45) is 6.42. The summed E-state index contributed by atoms with van der Waals surface area (Å²) in [5, 5.41) is 8.08. The van der Waals surface area contributed by atoms with Crippen LogP contribution < -0.4 is 16.0 Å². The first kappa shape index (κ1) is 29.3. The van der Waals surface area contributed by atoms with Crippen LogP contribution in [0.2, 0.25) is 0 Å². The van der Waals surface area contributed by atoms with E-state index in [-0.39, 0.29) is 29.1 Å². The first-order chi connectivity index (χ1) is 18.2. The fourth-order valence-electron chi connectivity index (χ4n) is 6.73. The van der Waals surface area contributed by atoms with Gasteiger partial charge in [-0.15, -0.1) is 0 Å². The number of likely N-dealkylation sites (N-methyl/N-ethyl adjacent to an activating group) is 1. The summed E-state index contributed by atoms with van der Waals surface area (Å²) in [6, 6.07) is -2.47. The molecule has 5 atom stereocenters. The number of piperidine rings is 1. The summed E-state index contributed by atoms with van der Waals surface area (Å²) in [4.78, 5) is 67.3. The van der Waals surface area contributed by atoms with Crippen LogP contribution in [0.3, 0.4) is 0 Å². The molecule has 0 radical (unpaired) electrons. The molecule has 0 aromatic heterocycles. The lowest BCUT2D eigenvalue weighted by molar-refractivity contribution is -0.145. The maximum Gasteiger partial charge on any atom is 0.408 e. The molecule has 5 unspecified atom stereocenters. The first-order valence-electron chi connectivity index (χ1n) is 14.6.